The zero-order chi connectivity index (χ0) is 12.3. The van der Waals surface area contributed by atoms with Crippen molar-refractivity contribution in [1.29, 1.82) is 0 Å². The molecular weight excluding hydrogens is 351 g/mol. The molecule has 1 aromatic rings. The van der Waals surface area contributed by atoms with Gasteiger partial charge >= 0.3 is 0 Å². The molecule has 1 rings (SSSR count). The molecule has 0 aliphatic heterocycles. The van der Waals surface area contributed by atoms with Crippen molar-refractivity contribution in [2.24, 2.45) is 0 Å². The van der Waals surface area contributed by atoms with E-state index in [0.717, 1.165) is 19.3 Å². The standard InChI is InChI=1S/C13H17Br2Cl/c1-4-8-11(7-16)9(5-2)13(15)10(6-3)12(8)14/h4-7H2,1-3H3. The molecule has 0 unspecified atom stereocenters. The second kappa shape index (κ2) is 6.42. The minimum atomic E-state index is 0.591. The lowest BCUT2D eigenvalue weighted by molar-refractivity contribution is 0.978. The van der Waals surface area contributed by atoms with Gasteiger partial charge in [-0.1, -0.05) is 52.6 Å². The first kappa shape index (κ1) is 14.5. The molecule has 0 fully saturated rings. The fourth-order valence-corrected chi connectivity index (χ4v) is 4.70. The first-order chi connectivity index (χ1) is 7.62. The molecule has 0 bridgehead atoms. The number of hydrogen-bond acceptors (Lipinski definition) is 0. The molecule has 0 saturated heterocycles. The topological polar surface area (TPSA) is 0 Å². The molecule has 0 radical (unpaired) electrons. The van der Waals surface area contributed by atoms with Gasteiger partial charge in [-0.25, -0.2) is 0 Å². The summed E-state index contributed by atoms with van der Waals surface area (Å²) in [5, 5.41) is 0. The van der Waals surface area contributed by atoms with Gasteiger partial charge in [-0.3, -0.25) is 0 Å². The van der Waals surface area contributed by atoms with E-state index in [0.29, 0.717) is 5.88 Å². The van der Waals surface area contributed by atoms with Gasteiger partial charge in [-0.15, -0.1) is 11.6 Å². The van der Waals surface area contributed by atoms with E-state index in [-0.39, 0.29) is 0 Å². The Labute approximate surface area is 120 Å². The highest BCUT2D eigenvalue weighted by Crippen LogP contribution is 2.37. The highest BCUT2D eigenvalue weighted by molar-refractivity contribution is 9.11. The molecule has 3 heteroatoms. The van der Waals surface area contributed by atoms with Crippen molar-refractivity contribution < 1.29 is 0 Å². The van der Waals surface area contributed by atoms with Crippen molar-refractivity contribution in [2.45, 2.75) is 45.9 Å². The Morgan fingerprint density at radius 2 is 1.12 bits per heavy atom. The first-order valence-corrected chi connectivity index (χ1v) is 7.80. The lowest BCUT2D eigenvalue weighted by Gasteiger charge is -2.19. The quantitative estimate of drug-likeness (QED) is 0.604. The van der Waals surface area contributed by atoms with Crippen LogP contribution in [0.4, 0.5) is 0 Å². The maximum absolute atomic E-state index is 6.09. The van der Waals surface area contributed by atoms with Crippen LogP contribution in [0.15, 0.2) is 8.95 Å². The minimum absolute atomic E-state index is 0.591. The van der Waals surface area contributed by atoms with Crippen molar-refractivity contribution in [3.8, 4) is 0 Å². The summed E-state index contributed by atoms with van der Waals surface area (Å²) < 4.78 is 2.47. The maximum Gasteiger partial charge on any atom is 0.0480 e. The van der Waals surface area contributed by atoms with Crippen LogP contribution >= 0.6 is 43.5 Å². The molecule has 1 aromatic carbocycles. The summed E-state index contributed by atoms with van der Waals surface area (Å²) in [6, 6.07) is 0. The SMILES string of the molecule is CCc1c(Br)c(CC)c(CCl)c(CC)c1Br. The third-order valence-corrected chi connectivity index (χ3v) is 5.16. The zero-order valence-electron chi connectivity index (χ0n) is 9.96. The Bertz CT molecular complexity index is 355. The Morgan fingerprint density at radius 3 is 1.38 bits per heavy atom. The molecule has 0 amide bonds. The molecule has 90 valence electrons. The van der Waals surface area contributed by atoms with Crippen LogP contribution in [0, 0.1) is 0 Å². The van der Waals surface area contributed by atoms with Crippen molar-refractivity contribution >= 4 is 43.5 Å². The van der Waals surface area contributed by atoms with Gasteiger partial charge in [0.2, 0.25) is 0 Å². The second-order valence-electron chi connectivity index (χ2n) is 3.74. The van der Waals surface area contributed by atoms with Crippen molar-refractivity contribution in [3.05, 3.63) is 31.2 Å². The number of hydrogen-bond donors (Lipinski definition) is 0. The minimum Gasteiger partial charge on any atom is -0.122 e. The fraction of sp³-hybridized carbons (Fsp3) is 0.538. The Hall–Kier alpha value is 0.470. The molecule has 16 heavy (non-hydrogen) atoms. The van der Waals surface area contributed by atoms with Gasteiger partial charge < -0.3 is 0 Å². The normalized spacial score (nSPS) is 10.9. The Kier molecular flexibility index (Phi) is 5.83. The summed E-state index contributed by atoms with van der Waals surface area (Å²) in [6.07, 6.45) is 3.08. The summed E-state index contributed by atoms with van der Waals surface area (Å²) in [5.41, 5.74) is 5.39. The van der Waals surface area contributed by atoms with E-state index in [1.54, 1.807) is 0 Å². The average Bonchev–Trinajstić information content (AvgIpc) is 2.29. The zero-order valence-corrected chi connectivity index (χ0v) is 13.9. The average molecular weight is 369 g/mol. The summed E-state index contributed by atoms with van der Waals surface area (Å²) >= 11 is 13.5. The van der Waals surface area contributed by atoms with Crippen LogP contribution in [0.25, 0.3) is 0 Å². The molecule has 0 nitrogen and oxygen atoms in total. The van der Waals surface area contributed by atoms with Gasteiger partial charge in [0, 0.05) is 14.8 Å². The fourth-order valence-electron chi connectivity index (χ4n) is 2.12. The predicted octanol–water partition coefficient (Wildman–Crippen LogP) is 5.64. The van der Waals surface area contributed by atoms with E-state index in [1.165, 1.54) is 31.2 Å². The molecule has 0 atom stereocenters. The molecule has 0 spiro atoms. The lowest BCUT2D eigenvalue weighted by Crippen LogP contribution is -2.04. The Morgan fingerprint density at radius 1 is 0.750 bits per heavy atom. The van der Waals surface area contributed by atoms with Crippen LogP contribution < -0.4 is 0 Å². The van der Waals surface area contributed by atoms with Gasteiger partial charge in [-0.2, -0.15) is 0 Å². The summed E-state index contributed by atoms with van der Waals surface area (Å²) in [7, 11) is 0. The monoisotopic (exact) mass is 366 g/mol. The maximum atomic E-state index is 6.09. The van der Waals surface area contributed by atoms with E-state index in [2.05, 4.69) is 52.6 Å². The van der Waals surface area contributed by atoms with Gasteiger partial charge in [0.25, 0.3) is 0 Å². The van der Waals surface area contributed by atoms with Gasteiger partial charge in [0.05, 0.1) is 0 Å². The van der Waals surface area contributed by atoms with E-state index >= 15 is 0 Å². The third-order valence-electron chi connectivity index (χ3n) is 2.98. The number of benzene rings is 1. The number of halogens is 3. The third kappa shape index (κ3) is 2.49. The summed E-state index contributed by atoms with van der Waals surface area (Å²) in [4.78, 5) is 0. The van der Waals surface area contributed by atoms with E-state index in [1.807, 2.05) is 0 Å². The highest BCUT2D eigenvalue weighted by Gasteiger charge is 2.17. The second-order valence-corrected chi connectivity index (χ2v) is 5.59. The highest BCUT2D eigenvalue weighted by atomic mass is 79.9. The van der Waals surface area contributed by atoms with Crippen LogP contribution in [0.1, 0.15) is 43.0 Å². The Balaban J connectivity index is 3.61. The van der Waals surface area contributed by atoms with Crippen molar-refractivity contribution in [1.82, 2.24) is 0 Å². The molecule has 0 saturated carbocycles. The van der Waals surface area contributed by atoms with Crippen LogP contribution in [0.2, 0.25) is 0 Å². The molecule has 0 heterocycles. The molecule has 0 aliphatic carbocycles. The smallest absolute Gasteiger partial charge is 0.0480 e. The number of rotatable bonds is 4. The van der Waals surface area contributed by atoms with Gasteiger partial charge in [0.1, 0.15) is 0 Å². The van der Waals surface area contributed by atoms with Crippen molar-refractivity contribution in [3.63, 3.8) is 0 Å². The molecule has 0 N–H and O–H groups in total. The molecular formula is C13H17Br2Cl. The van der Waals surface area contributed by atoms with Crippen LogP contribution in [0.5, 0.6) is 0 Å². The predicted molar refractivity (Wildman–Crippen MR) is 79.5 cm³/mol. The van der Waals surface area contributed by atoms with Crippen LogP contribution in [-0.4, -0.2) is 0 Å². The van der Waals surface area contributed by atoms with Crippen LogP contribution in [-0.2, 0) is 25.1 Å². The largest absolute Gasteiger partial charge is 0.122 e. The molecule has 0 aromatic heterocycles. The molecule has 0 aliphatic rings. The van der Waals surface area contributed by atoms with E-state index in [9.17, 15) is 0 Å². The van der Waals surface area contributed by atoms with E-state index < -0.39 is 0 Å². The summed E-state index contributed by atoms with van der Waals surface area (Å²) in [5.74, 6) is 0.591. The van der Waals surface area contributed by atoms with Gasteiger partial charge in [0.15, 0.2) is 0 Å². The number of alkyl halides is 1. The summed E-state index contributed by atoms with van der Waals surface area (Å²) in [6.45, 7) is 6.55. The first-order valence-electron chi connectivity index (χ1n) is 5.68. The van der Waals surface area contributed by atoms with E-state index in [4.69, 9.17) is 11.6 Å². The lowest BCUT2D eigenvalue weighted by atomic mass is 9.94. The van der Waals surface area contributed by atoms with Gasteiger partial charge in [-0.05, 0) is 41.5 Å². The van der Waals surface area contributed by atoms with Crippen LogP contribution in [0.3, 0.4) is 0 Å². The van der Waals surface area contributed by atoms with Crippen molar-refractivity contribution in [2.75, 3.05) is 0 Å².